The van der Waals surface area contributed by atoms with Crippen molar-refractivity contribution in [3.8, 4) is 0 Å². The molecule has 0 aliphatic carbocycles. The second kappa shape index (κ2) is 22.9. The Labute approximate surface area is 443 Å². The summed E-state index contributed by atoms with van der Waals surface area (Å²) in [6.45, 7) is 11.1. The summed E-state index contributed by atoms with van der Waals surface area (Å²) in [6.07, 6.45) is 22.9. The first-order valence-corrected chi connectivity index (χ1v) is 28.8. The number of allylic oxidation sites excluding steroid dienone is 8. The van der Waals surface area contributed by atoms with E-state index in [-0.39, 0.29) is 34.8 Å². The van der Waals surface area contributed by atoms with E-state index >= 15 is 0 Å². The van der Waals surface area contributed by atoms with Crippen LogP contribution in [0.3, 0.4) is 0 Å². The quantitative estimate of drug-likeness (QED) is 0.0495. The highest BCUT2D eigenvalue weighted by Gasteiger charge is 2.48. The summed E-state index contributed by atoms with van der Waals surface area (Å²) >= 11 is 4.83. The van der Waals surface area contributed by atoms with E-state index in [0.29, 0.717) is 77.4 Å². The van der Waals surface area contributed by atoms with Crippen LogP contribution < -0.4 is 10.2 Å². The first-order valence-electron chi connectivity index (χ1n) is 25.1. The molecule has 378 valence electrons. The molecular formula is C54H71I2N6O7S+. The lowest BCUT2D eigenvalue weighted by Gasteiger charge is -2.34. The molecule has 3 saturated heterocycles. The third kappa shape index (κ3) is 11.6. The van der Waals surface area contributed by atoms with Gasteiger partial charge in [-0.15, -0.1) is 0 Å². The van der Waals surface area contributed by atoms with E-state index in [2.05, 4.69) is 155 Å². The highest BCUT2D eigenvalue weighted by Crippen LogP contribution is 2.49. The molecular weight excluding hydrogens is 1130 g/mol. The lowest BCUT2D eigenvalue weighted by molar-refractivity contribution is -0.438. The standard InChI is InChI=1S/C54H70I2N6O7S/c1-37-26-27-41-39(34-37)54(4,28-14-16-33-70(67,68)69)47(24-12-9-7-8-11-23-46-53(2,3)49-40(56)35-38(55)36-45(49)58(46)6)59(41)29-15-10-13-25-48(63)60-30-18-21-43(60)51(65)62-32-19-22-44(62)52(66)61-31-17-20-42(61)50(64)57-5/h7-9,11-12,23-24,26-27,34-36,42-44H,10,13-22,25,28-33H2,1-6H3,(H-,57,64,67,68,69)/p+1. The molecule has 2 N–H and O–H groups in total. The summed E-state index contributed by atoms with van der Waals surface area (Å²) in [5, 5.41) is 2.68. The van der Waals surface area contributed by atoms with Gasteiger partial charge in [-0.1, -0.05) is 62.3 Å². The molecule has 0 spiro atoms. The SMILES string of the molecule is CNC(=O)C1CCCN1C(=O)C1CCCN1C(=O)C1CCCN1C(=O)CCCCC[N+]1=C(/C=C/C=C/C=C/C=C2\N(C)c3cc(I)cc(I)c3C2(C)C)C(C)(CCCCS(=O)(=O)O)c2cc(C)ccc21. The molecule has 13 nitrogen and oxygen atoms in total. The molecule has 0 saturated carbocycles. The molecule has 0 aromatic heterocycles. The van der Waals surface area contributed by atoms with E-state index < -0.39 is 33.7 Å². The van der Waals surface area contributed by atoms with Crippen molar-refractivity contribution in [2.45, 2.75) is 140 Å². The van der Waals surface area contributed by atoms with Gasteiger partial charge in [0.2, 0.25) is 29.3 Å². The number of rotatable bonds is 18. The van der Waals surface area contributed by atoms with Crippen molar-refractivity contribution >= 4 is 96.0 Å². The van der Waals surface area contributed by atoms with Crippen LogP contribution in [0.1, 0.15) is 121 Å². The van der Waals surface area contributed by atoms with Gasteiger partial charge < -0.3 is 24.9 Å². The zero-order valence-corrected chi connectivity index (χ0v) is 46.8. The van der Waals surface area contributed by atoms with Crippen LogP contribution >= 0.6 is 45.2 Å². The first-order chi connectivity index (χ1) is 33.3. The molecule has 0 bridgehead atoms. The third-order valence-corrected chi connectivity index (χ3v) is 17.5. The minimum absolute atomic E-state index is 0.0301. The Morgan fingerprint density at radius 2 is 1.44 bits per heavy atom. The molecule has 5 heterocycles. The van der Waals surface area contributed by atoms with Gasteiger partial charge in [0.25, 0.3) is 10.1 Å². The lowest BCUT2D eigenvalue weighted by atomic mass is 9.75. The van der Waals surface area contributed by atoms with Crippen molar-refractivity contribution < 1.29 is 36.7 Å². The summed E-state index contributed by atoms with van der Waals surface area (Å²) < 4.78 is 37.7. The number of amides is 4. The van der Waals surface area contributed by atoms with Crippen LogP contribution in [0.5, 0.6) is 0 Å². The molecule has 3 fully saturated rings. The third-order valence-electron chi connectivity index (χ3n) is 15.2. The van der Waals surface area contributed by atoms with Gasteiger partial charge in [0.1, 0.15) is 24.7 Å². The number of hydrogen-bond donors (Lipinski definition) is 2. The Bertz CT molecular complexity index is 2620. The Hall–Kier alpha value is -3.88. The number of aryl methyl sites for hydroxylation is 1. The Morgan fingerprint density at radius 1 is 0.814 bits per heavy atom. The fourth-order valence-electron chi connectivity index (χ4n) is 11.7. The molecule has 0 radical (unpaired) electrons. The minimum atomic E-state index is -4.07. The zero-order chi connectivity index (χ0) is 50.5. The number of likely N-dealkylation sites (tertiary alicyclic amines) is 3. The van der Waals surface area contributed by atoms with E-state index in [1.54, 1.807) is 21.7 Å². The van der Waals surface area contributed by atoms with Crippen LogP contribution in [0.4, 0.5) is 11.4 Å². The molecule has 5 aliphatic heterocycles. The first kappa shape index (κ1) is 53.9. The van der Waals surface area contributed by atoms with Crippen molar-refractivity contribution in [1.29, 1.82) is 0 Å². The maximum absolute atomic E-state index is 14.1. The molecule has 4 atom stereocenters. The average Bonchev–Trinajstić information content (AvgIpc) is 4.16. The number of unbranched alkanes of at least 4 members (excludes halogenated alkanes) is 3. The van der Waals surface area contributed by atoms with Gasteiger partial charge in [-0.2, -0.15) is 13.0 Å². The predicted molar refractivity (Wildman–Crippen MR) is 294 cm³/mol. The number of anilines is 1. The van der Waals surface area contributed by atoms with Gasteiger partial charge in [-0.25, -0.2) is 0 Å². The number of nitrogens with zero attached hydrogens (tertiary/aromatic N) is 5. The predicted octanol–water partition coefficient (Wildman–Crippen LogP) is 8.88. The van der Waals surface area contributed by atoms with Crippen LogP contribution in [0.2, 0.25) is 0 Å². The molecule has 4 amide bonds. The van der Waals surface area contributed by atoms with Gasteiger partial charge in [0.15, 0.2) is 5.71 Å². The highest BCUT2D eigenvalue weighted by atomic mass is 127. The number of fused-ring (bicyclic) bond motifs is 2. The van der Waals surface area contributed by atoms with E-state index in [4.69, 9.17) is 0 Å². The monoisotopic (exact) mass is 1200 g/mol. The van der Waals surface area contributed by atoms with E-state index in [9.17, 15) is 32.1 Å². The van der Waals surface area contributed by atoms with Crippen LogP contribution in [0.15, 0.2) is 78.6 Å². The van der Waals surface area contributed by atoms with Gasteiger partial charge >= 0.3 is 0 Å². The number of nitrogens with one attached hydrogen (secondary N) is 1. The van der Waals surface area contributed by atoms with Crippen molar-refractivity contribution in [2.24, 2.45) is 0 Å². The number of likely N-dealkylation sites (N-methyl/N-ethyl adjacent to an activating group) is 2. The summed E-state index contributed by atoms with van der Waals surface area (Å²) in [7, 11) is -0.357. The fourth-order valence-corrected chi connectivity index (χ4v) is 14.7. The molecule has 70 heavy (non-hydrogen) atoms. The lowest BCUT2D eigenvalue weighted by Crippen LogP contribution is -2.55. The van der Waals surface area contributed by atoms with Crippen molar-refractivity contribution in [1.82, 2.24) is 20.0 Å². The number of halogens is 2. The second-order valence-corrected chi connectivity index (χ2v) is 24.3. The zero-order valence-electron chi connectivity index (χ0n) is 41.7. The van der Waals surface area contributed by atoms with Gasteiger partial charge in [0, 0.05) is 93.8 Å². The molecule has 2 aromatic rings. The van der Waals surface area contributed by atoms with E-state index in [0.717, 1.165) is 49.2 Å². The second-order valence-electron chi connectivity index (χ2n) is 20.3. The number of carbonyl (C=O) groups is 4. The molecule has 5 aliphatic rings. The largest absolute Gasteiger partial charge is 0.357 e. The summed E-state index contributed by atoms with van der Waals surface area (Å²) in [5.41, 5.74) is 7.84. The number of hydrogen-bond acceptors (Lipinski definition) is 7. The minimum Gasteiger partial charge on any atom is -0.357 e. The molecule has 16 heteroatoms. The highest BCUT2D eigenvalue weighted by molar-refractivity contribution is 14.1. The van der Waals surface area contributed by atoms with Gasteiger partial charge in [-0.3, -0.25) is 23.7 Å². The van der Waals surface area contributed by atoms with E-state index in [1.807, 2.05) is 12.2 Å². The topological polar surface area (TPSA) is 151 Å². The maximum Gasteiger partial charge on any atom is 0.264 e. The smallest absolute Gasteiger partial charge is 0.264 e. The van der Waals surface area contributed by atoms with Crippen LogP contribution in [0.25, 0.3) is 0 Å². The summed E-state index contributed by atoms with van der Waals surface area (Å²) in [6, 6.07) is 9.32. The van der Waals surface area contributed by atoms with Crippen molar-refractivity contribution in [3.63, 3.8) is 0 Å². The number of carbonyl (C=O) groups excluding carboxylic acids is 4. The Balaban J connectivity index is 1.01. The fraction of sp³-hybridized carbons (Fsp3) is 0.537. The molecule has 7 rings (SSSR count). The van der Waals surface area contributed by atoms with Gasteiger partial charge in [-0.05, 0) is 148 Å². The molecule has 4 unspecified atom stereocenters. The van der Waals surface area contributed by atoms with Crippen molar-refractivity contribution in [2.75, 3.05) is 50.9 Å². The van der Waals surface area contributed by atoms with Crippen LogP contribution in [-0.2, 0) is 40.1 Å². The van der Waals surface area contributed by atoms with Crippen LogP contribution in [0, 0.1) is 14.1 Å². The van der Waals surface area contributed by atoms with E-state index in [1.165, 1.54) is 29.7 Å². The summed E-state index contributed by atoms with van der Waals surface area (Å²) in [5.74, 6) is -0.799. The molecule has 2 aromatic carbocycles. The Kier molecular flexibility index (Phi) is 17.6. The summed E-state index contributed by atoms with van der Waals surface area (Å²) in [4.78, 5) is 61.6. The maximum atomic E-state index is 14.1. The number of benzene rings is 2. The van der Waals surface area contributed by atoms with Crippen molar-refractivity contribution in [3.05, 3.63) is 102 Å². The normalized spacial score (nSPS) is 23.8. The van der Waals surface area contributed by atoms with Crippen LogP contribution in [-0.4, -0.2) is 126 Å². The van der Waals surface area contributed by atoms with Gasteiger partial charge in [0.05, 0.1) is 11.2 Å². The Morgan fingerprint density at radius 3 is 2.13 bits per heavy atom. The average molecular weight is 1200 g/mol.